The van der Waals surface area contributed by atoms with Crippen molar-refractivity contribution >= 4 is 6.47 Å². The van der Waals surface area contributed by atoms with E-state index in [0.717, 1.165) is 17.8 Å². The second-order valence-corrected chi connectivity index (χ2v) is 3.56. The van der Waals surface area contributed by atoms with Crippen molar-refractivity contribution in [2.45, 2.75) is 20.3 Å². The smallest absolute Gasteiger partial charge is 0.290 e. The lowest BCUT2D eigenvalue weighted by molar-refractivity contribution is -0.122. The molecule has 6 heteroatoms. The highest BCUT2D eigenvalue weighted by atomic mass is 19.1. The van der Waals surface area contributed by atoms with Crippen LogP contribution in [0.4, 0.5) is 4.39 Å². The molecule has 0 unspecified atom stereocenters. The molecule has 18 heavy (non-hydrogen) atoms. The first-order valence-electron chi connectivity index (χ1n) is 5.38. The normalized spacial score (nSPS) is 9.50. The van der Waals surface area contributed by atoms with Crippen LogP contribution in [0.15, 0.2) is 18.2 Å². The molecule has 2 aromatic rings. The third-order valence-electron chi connectivity index (χ3n) is 2.25. The predicted molar refractivity (Wildman–Crippen MR) is 64.6 cm³/mol. The summed E-state index contributed by atoms with van der Waals surface area (Å²) in [4.78, 5) is 11.3. The van der Waals surface area contributed by atoms with E-state index in [1.807, 2.05) is 19.9 Å². The molecule has 1 aromatic carbocycles. The van der Waals surface area contributed by atoms with Gasteiger partial charge in [-0.15, -0.1) is 10.2 Å². The SMILES string of the molecule is CCc1nnc(-c2ccc(C)cc2F)[nH]1.O=CO. The van der Waals surface area contributed by atoms with E-state index < -0.39 is 0 Å². The molecular weight excluding hydrogens is 237 g/mol. The lowest BCUT2D eigenvalue weighted by atomic mass is 10.1. The number of carboxylic acid groups (broad SMARTS) is 1. The van der Waals surface area contributed by atoms with Crippen LogP contribution in [0.2, 0.25) is 0 Å². The zero-order valence-electron chi connectivity index (χ0n) is 10.1. The number of benzene rings is 1. The number of aromatic amines is 1. The second-order valence-electron chi connectivity index (χ2n) is 3.56. The van der Waals surface area contributed by atoms with Crippen LogP contribution >= 0.6 is 0 Å². The third-order valence-corrected chi connectivity index (χ3v) is 2.25. The number of nitrogens with one attached hydrogen (secondary N) is 1. The Labute approximate surface area is 104 Å². The number of carbonyl (C=O) groups is 1. The first kappa shape index (κ1) is 13.8. The van der Waals surface area contributed by atoms with Gasteiger partial charge in [0.1, 0.15) is 11.6 Å². The van der Waals surface area contributed by atoms with E-state index in [-0.39, 0.29) is 12.3 Å². The van der Waals surface area contributed by atoms with Crippen LogP contribution in [0.3, 0.4) is 0 Å². The molecular formula is C12H14FN3O2. The summed E-state index contributed by atoms with van der Waals surface area (Å²) < 4.78 is 13.6. The third kappa shape index (κ3) is 3.38. The fourth-order valence-corrected chi connectivity index (χ4v) is 1.39. The van der Waals surface area contributed by atoms with E-state index >= 15 is 0 Å². The summed E-state index contributed by atoms with van der Waals surface area (Å²) in [7, 11) is 0. The van der Waals surface area contributed by atoms with Crippen molar-refractivity contribution in [3.05, 3.63) is 35.4 Å². The summed E-state index contributed by atoms with van der Waals surface area (Å²) in [6.45, 7) is 3.57. The number of nitrogens with zero attached hydrogens (tertiary/aromatic N) is 2. The lowest BCUT2D eigenvalue weighted by Crippen LogP contribution is -1.88. The Morgan fingerprint density at radius 3 is 2.61 bits per heavy atom. The van der Waals surface area contributed by atoms with Crippen molar-refractivity contribution in [2.75, 3.05) is 0 Å². The maximum absolute atomic E-state index is 13.6. The van der Waals surface area contributed by atoms with Crippen LogP contribution in [0.5, 0.6) is 0 Å². The summed E-state index contributed by atoms with van der Waals surface area (Å²) in [5.41, 5.74) is 1.36. The van der Waals surface area contributed by atoms with Gasteiger partial charge >= 0.3 is 0 Å². The highest BCUT2D eigenvalue weighted by Crippen LogP contribution is 2.19. The molecule has 0 saturated carbocycles. The molecule has 0 atom stereocenters. The summed E-state index contributed by atoms with van der Waals surface area (Å²) in [6.07, 6.45) is 0.764. The zero-order chi connectivity index (χ0) is 13.5. The van der Waals surface area contributed by atoms with Gasteiger partial charge < -0.3 is 10.1 Å². The van der Waals surface area contributed by atoms with E-state index in [2.05, 4.69) is 15.2 Å². The number of halogens is 1. The van der Waals surface area contributed by atoms with Crippen molar-refractivity contribution in [2.24, 2.45) is 0 Å². The van der Waals surface area contributed by atoms with E-state index in [4.69, 9.17) is 9.90 Å². The molecule has 96 valence electrons. The Balaban J connectivity index is 0.000000492. The van der Waals surface area contributed by atoms with Crippen molar-refractivity contribution in [1.29, 1.82) is 0 Å². The lowest BCUT2D eigenvalue weighted by Gasteiger charge is -1.99. The highest BCUT2D eigenvalue weighted by molar-refractivity contribution is 5.56. The number of aromatic nitrogens is 3. The molecule has 2 N–H and O–H groups in total. The Kier molecular flexibility index (Phi) is 4.98. The molecule has 0 aliphatic carbocycles. The fourth-order valence-electron chi connectivity index (χ4n) is 1.39. The average molecular weight is 251 g/mol. The molecule has 0 spiro atoms. The van der Waals surface area contributed by atoms with E-state index in [9.17, 15) is 4.39 Å². The number of hydrogen-bond donors (Lipinski definition) is 2. The van der Waals surface area contributed by atoms with Crippen molar-refractivity contribution in [3.8, 4) is 11.4 Å². The molecule has 5 nitrogen and oxygen atoms in total. The van der Waals surface area contributed by atoms with Crippen LogP contribution in [0.25, 0.3) is 11.4 Å². The number of hydrogen-bond acceptors (Lipinski definition) is 3. The maximum atomic E-state index is 13.6. The Bertz CT molecular complexity index is 526. The van der Waals surface area contributed by atoms with Gasteiger partial charge in [0.05, 0.1) is 5.56 Å². The second kappa shape index (κ2) is 6.48. The molecule has 1 aromatic heterocycles. The fraction of sp³-hybridized carbons (Fsp3) is 0.250. The summed E-state index contributed by atoms with van der Waals surface area (Å²) in [5.74, 6) is 0.989. The standard InChI is InChI=1S/C11H12FN3.CH2O2/c1-3-10-13-11(15-14-10)8-5-4-7(2)6-9(8)12;2-1-3/h4-6H,3H2,1-2H3,(H,13,14,15);1H,(H,2,3). The van der Waals surface area contributed by atoms with Crippen LogP contribution in [-0.4, -0.2) is 26.8 Å². The summed E-state index contributed by atoms with van der Waals surface area (Å²) in [6, 6.07) is 5.06. The van der Waals surface area contributed by atoms with Gasteiger partial charge in [-0.2, -0.15) is 0 Å². The molecule has 0 saturated heterocycles. The number of aryl methyl sites for hydroxylation is 2. The average Bonchev–Trinajstić information content (AvgIpc) is 2.78. The zero-order valence-corrected chi connectivity index (χ0v) is 10.1. The Hall–Kier alpha value is -2.24. The topological polar surface area (TPSA) is 78.9 Å². The molecule has 0 aliphatic rings. The first-order valence-corrected chi connectivity index (χ1v) is 5.38. The van der Waals surface area contributed by atoms with Gasteiger partial charge in [0.15, 0.2) is 5.82 Å². The largest absolute Gasteiger partial charge is 0.483 e. The predicted octanol–water partition coefficient (Wildman–Crippen LogP) is 2.18. The van der Waals surface area contributed by atoms with Gasteiger partial charge in [0, 0.05) is 6.42 Å². The van der Waals surface area contributed by atoms with Crippen LogP contribution in [0, 0.1) is 12.7 Å². The minimum absolute atomic E-state index is 0.250. The molecule has 0 aliphatic heterocycles. The van der Waals surface area contributed by atoms with E-state index in [1.54, 1.807) is 6.07 Å². The highest BCUT2D eigenvalue weighted by Gasteiger charge is 2.09. The summed E-state index contributed by atoms with van der Waals surface area (Å²) >= 11 is 0. The monoisotopic (exact) mass is 251 g/mol. The minimum Gasteiger partial charge on any atom is -0.483 e. The molecule has 0 amide bonds. The Morgan fingerprint density at radius 2 is 2.11 bits per heavy atom. The quantitative estimate of drug-likeness (QED) is 0.802. The van der Waals surface area contributed by atoms with E-state index in [0.29, 0.717) is 11.4 Å². The van der Waals surface area contributed by atoms with Gasteiger partial charge in [-0.3, -0.25) is 4.79 Å². The Morgan fingerprint density at radius 1 is 1.44 bits per heavy atom. The first-order chi connectivity index (χ1) is 8.62. The number of H-pyrrole nitrogens is 1. The van der Waals surface area contributed by atoms with Gasteiger partial charge in [-0.25, -0.2) is 4.39 Å². The summed E-state index contributed by atoms with van der Waals surface area (Å²) in [5, 5.41) is 14.7. The minimum atomic E-state index is -0.270. The van der Waals surface area contributed by atoms with Crippen LogP contribution in [0.1, 0.15) is 18.3 Å². The molecule has 0 fully saturated rings. The van der Waals surface area contributed by atoms with Crippen molar-refractivity contribution in [3.63, 3.8) is 0 Å². The van der Waals surface area contributed by atoms with Crippen LogP contribution < -0.4 is 0 Å². The van der Waals surface area contributed by atoms with E-state index in [1.165, 1.54) is 6.07 Å². The van der Waals surface area contributed by atoms with Gasteiger partial charge in [-0.05, 0) is 24.6 Å². The van der Waals surface area contributed by atoms with Crippen molar-refractivity contribution < 1.29 is 14.3 Å². The molecule has 0 bridgehead atoms. The van der Waals surface area contributed by atoms with Gasteiger partial charge in [0.2, 0.25) is 0 Å². The van der Waals surface area contributed by atoms with Crippen molar-refractivity contribution in [1.82, 2.24) is 15.2 Å². The molecule has 1 heterocycles. The van der Waals surface area contributed by atoms with Crippen LogP contribution in [-0.2, 0) is 11.2 Å². The molecule has 2 rings (SSSR count). The number of rotatable bonds is 2. The van der Waals surface area contributed by atoms with Gasteiger partial charge in [-0.1, -0.05) is 13.0 Å². The maximum Gasteiger partial charge on any atom is 0.290 e. The molecule has 0 radical (unpaired) electrons. The van der Waals surface area contributed by atoms with Gasteiger partial charge in [0.25, 0.3) is 6.47 Å².